The lowest BCUT2D eigenvalue weighted by molar-refractivity contribution is 0.0785. The third-order valence-corrected chi connectivity index (χ3v) is 6.10. The third kappa shape index (κ3) is 5.04. The standard InChI is InChI=1S/C23H23FN2O3S/c1-16-7-11-21(12-8-16)30(28,29)25-22-14-19(10-9-17(22)2)23(27)26(3)15-18-5-4-6-20(24)13-18/h4-14,25H,15H2,1-3H3. The molecule has 30 heavy (non-hydrogen) atoms. The minimum atomic E-state index is -3.79. The lowest BCUT2D eigenvalue weighted by Crippen LogP contribution is -2.26. The van der Waals surface area contributed by atoms with Gasteiger partial charge in [-0.1, -0.05) is 35.9 Å². The van der Waals surface area contributed by atoms with E-state index in [1.807, 2.05) is 6.92 Å². The van der Waals surface area contributed by atoms with E-state index in [1.165, 1.54) is 35.2 Å². The Morgan fingerprint density at radius 3 is 2.37 bits per heavy atom. The van der Waals surface area contributed by atoms with Gasteiger partial charge in [0.15, 0.2) is 0 Å². The van der Waals surface area contributed by atoms with Crippen molar-refractivity contribution in [3.05, 3.63) is 94.8 Å². The van der Waals surface area contributed by atoms with Crippen molar-refractivity contribution in [3.8, 4) is 0 Å². The molecule has 1 N–H and O–H groups in total. The van der Waals surface area contributed by atoms with E-state index in [9.17, 15) is 17.6 Å². The molecule has 156 valence electrons. The molecule has 0 aliphatic carbocycles. The SMILES string of the molecule is Cc1ccc(S(=O)(=O)Nc2cc(C(=O)N(C)Cc3cccc(F)c3)ccc2C)cc1. The summed E-state index contributed by atoms with van der Waals surface area (Å²) in [6.45, 7) is 3.87. The number of nitrogens with zero attached hydrogens (tertiary/aromatic N) is 1. The molecule has 0 fully saturated rings. The molecule has 3 aromatic carbocycles. The number of sulfonamides is 1. The van der Waals surface area contributed by atoms with Crippen LogP contribution in [0.25, 0.3) is 0 Å². The monoisotopic (exact) mass is 426 g/mol. The first kappa shape index (κ1) is 21.5. The summed E-state index contributed by atoms with van der Waals surface area (Å²) in [5.74, 6) is -0.661. The predicted octanol–water partition coefficient (Wildman–Crippen LogP) is 4.52. The zero-order valence-electron chi connectivity index (χ0n) is 17.0. The van der Waals surface area contributed by atoms with Crippen LogP contribution >= 0.6 is 0 Å². The Hall–Kier alpha value is -3.19. The fraction of sp³-hybridized carbons (Fsp3) is 0.174. The molecule has 0 aromatic heterocycles. The van der Waals surface area contributed by atoms with E-state index in [-0.39, 0.29) is 23.2 Å². The van der Waals surface area contributed by atoms with E-state index in [4.69, 9.17) is 0 Å². The predicted molar refractivity (Wildman–Crippen MR) is 115 cm³/mol. The van der Waals surface area contributed by atoms with Crippen LogP contribution in [0.2, 0.25) is 0 Å². The molecule has 0 aliphatic rings. The Morgan fingerprint density at radius 2 is 1.70 bits per heavy atom. The summed E-state index contributed by atoms with van der Waals surface area (Å²) in [5, 5.41) is 0. The maximum atomic E-state index is 13.4. The molecule has 0 aliphatic heterocycles. The number of hydrogen-bond donors (Lipinski definition) is 1. The minimum Gasteiger partial charge on any atom is -0.337 e. The largest absolute Gasteiger partial charge is 0.337 e. The van der Waals surface area contributed by atoms with Crippen molar-refractivity contribution in [1.29, 1.82) is 0 Å². The van der Waals surface area contributed by atoms with E-state index in [2.05, 4.69) is 4.72 Å². The summed E-state index contributed by atoms with van der Waals surface area (Å²) in [7, 11) is -2.17. The average Bonchev–Trinajstić information content (AvgIpc) is 2.69. The number of carbonyl (C=O) groups is 1. The average molecular weight is 427 g/mol. The molecule has 0 saturated heterocycles. The highest BCUT2D eigenvalue weighted by Crippen LogP contribution is 2.22. The van der Waals surface area contributed by atoms with E-state index in [0.717, 1.165) is 5.56 Å². The van der Waals surface area contributed by atoms with Gasteiger partial charge in [0.1, 0.15) is 5.82 Å². The van der Waals surface area contributed by atoms with Gasteiger partial charge in [0.05, 0.1) is 10.6 Å². The number of nitrogens with one attached hydrogen (secondary N) is 1. The van der Waals surface area contributed by atoms with Crippen molar-refractivity contribution in [3.63, 3.8) is 0 Å². The molecular weight excluding hydrogens is 403 g/mol. The number of aryl methyl sites for hydroxylation is 2. The Morgan fingerprint density at radius 1 is 1.00 bits per heavy atom. The van der Waals surface area contributed by atoms with Crippen molar-refractivity contribution in [1.82, 2.24) is 4.90 Å². The summed E-state index contributed by atoms with van der Waals surface area (Å²) in [4.78, 5) is 14.4. The number of carbonyl (C=O) groups excluding carboxylic acids is 1. The van der Waals surface area contributed by atoms with Crippen LogP contribution in [0.3, 0.4) is 0 Å². The van der Waals surface area contributed by atoms with Crippen LogP contribution in [-0.2, 0) is 16.6 Å². The number of hydrogen-bond acceptors (Lipinski definition) is 3. The molecule has 3 aromatic rings. The summed E-state index contributed by atoms with van der Waals surface area (Å²) >= 11 is 0. The molecule has 0 heterocycles. The summed E-state index contributed by atoms with van der Waals surface area (Å²) in [6, 6.07) is 17.4. The number of benzene rings is 3. The van der Waals surface area contributed by atoms with Crippen LogP contribution in [-0.4, -0.2) is 26.3 Å². The summed E-state index contributed by atoms with van der Waals surface area (Å²) in [6.07, 6.45) is 0. The van der Waals surface area contributed by atoms with Gasteiger partial charge in [-0.25, -0.2) is 12.8 Å². The van der Waals surface area contributed by atoms with Gasteiger partial charge in [-0.15, -0.1) is 0 Å². The first-order chi connectivity index (χ1) is 14.2. The first-order valence-electron chi connectivity index (χ1n) is 9.36. The van der Waals surface area contributed by atoms with Crippen LogP contribution in [0.1, 0.15) is 27.0 Å². The Balaban J connectivity index is 1.82. The summed E-state index contributed by atoms with van der Waals surface area (Å²) in [5.41, 5.74) is 2.98. The molecule has 3 rings (SSSR count). The van der Waals surface area contributed by atoms with Crippen LogP contribution in [0.5, 0.6) is 0 Å². The molecule has 0 bridgehead atoms. The van der Waals surface area contributed by atoms with E-state index < -0.39 is 10.0 Å². The number of amides is 1. The second-order valence-corrected chi connectivity index (χ2v) is 8.92. The van der Waals surface area contributed by atoms with E-state index in [1.54, 1.807) is 50.4 Å². The highest BCUT2D eigenvalue weighted by molar-refractivity contribution is 7.92. The van der Waals surface area contributed by atoms with Crippen LogP contribution in [0.15, 0.2) is 71.6 Å². The molecule has 0 radical (unpaired) electrons. The molecule has 0 unspecified atom stereocenters. The molecule has 0 atom stereocenters. The van der Waals surface area contributed by atoms with Gasteiger partial charge < -0.3 is 4.90 Å². The topological polar surface area (TPSA) is 66.5 Å². The summed E-state index contributed by atoms with van der Waals surface area (Å²) < 4.78 is 41.4. The van der Waals surface area contributed by atoms with Crippen LogP contribution in [0.4, 0.5) is 10.1 Å². The van der Waals surface area contributed by atoms with Gasteiger partial charge in [-0.05, 0) is 61.4 Å². The van der Waals surface area contributed by atoms with Gasteiger partial charge in [0.25, 0.3) is 15.9 Å². The highest BCUT2D eigenvalue weighted by atomic mass is 32.2. The van der Waals surface area contributed by atoms with Crippen molar-refractivity contribution in [2.45, 2.75) is 25.3 Å². The van der Waals surface area contributed by atoms with E-state index >= 15 is 0 Å². The maximum absolute atomic E-state index is 13.4. The number of rotatable bonds is 6. The zero-order valence-corrected chi connectivity index (χ0v) is 17.8. The first-order valence-corrected chi connectivity index (χ1v) is 10.8. The molecule has 1 amide bonds. The molecule has 7 heteroatoms. The Kier molecular flexibility index (Phi) is 6.22. The van der Waals surface area contributed by atoms with E-state index in [0.29, 0.717) is 22.4 Å². The molecule has 5 nitrogen and oxygen atoms in total. The third-order valence-electron chi connectivity index (χ3n) is 4.72. The quantitative estimate of drug-likeness (QED) is 0.630. The Labute approximate surface area is 176 Å². The second kappa shape index (κ2) is 8.67. The zero-order chi connectivity index (χ0) is 21.9. The Bertz CT molecular complexity index is 1180. The molecule has 0 spiro atoms. The van der Waals surface area contributed by atoms with Gasteiger partial charge >= 0.3 is 0 Å². The minimum absolute atomic E-state index is 0.146. The number of halogens is 1. The molecule has 0 saturated carbocycles. The second-order valence-electron chi connectivity index (χ2n) is 7.24. The smallest absolute Gasteiger partial charge is 0.261 e. The van der Waals surface area contributed by atoms with Gasteiger partial charge in [-0.2, -0.15) is 0 Å². The van der Waals surface area contributed by atoms with Crippen molar-refractivity contribution in [2.75, 3.05) is 11.8 Å². The maximum Gasteiger partial charge on any atom is 0.261 e. The number of anilines is 1. The van der Waals surface area contributed by atoms with Crippen molar-refractivity contribution in [2.24, 2.45) is 0 Å². The fourth-order valence-electron chi connectivity index (χ4n) is 2.99. The lowest BCUT2D eigenvalue weighted by Gasteiger charge is -2.19. The van der Waals surface area contributed by atoms with Crippen LogP contribution < -0.4 is 4.72 Å². The fourth-order valence-corrected chi connectivity index (χ4v) is 4.11. The van der Waals surface area contributed by atoms with Crippen molar-refractivity contribution >= 4 is 21.6 Å². The van der Waals surface area contributed by atoms with Gasteiger partial charge in [0, 0.05) is 19.2 Å². The normalized spacial score (nSPS) is 11.2. The van der Waals surface area contributed by atoms with Crippen molar-refractivity contribution < 1.29 is 17.6 Å². The van der Waals surface area contributed by atoms with Gasteiger partial charge in [-0.3, -0.25) is 9.52 Å². The lowest BCUT2D eigenvalue weighted by atomic mass is 10.1. The van der Waals surface area contributed by atoms with Gasteiger partial charge in [0.2, 0.25) is 0 Å². The highest BCUT2D eigenvalue weighted by Gasteiger charge is 2.18. The van der Waals surface area contributed by atoms with Crippen LogP contribution in [0, 0.1) is 19.7 Å². The molecular formula is C23H23FN2O3S.